The number of likely N-dealkylation sites (tertiary alicyclic amines) is 1. The van der Waals surface area contributed by atoms with E-state index in [0.29, 0.717) is 19.6 Å². The number of rotatable bonds is 5. The van der Waals surface area contributed by atoms with Gasteiger partial charge in [0, 0.05) is 25.4 Å². The highest BCUT2D eigenvalue weighted by molar-refractivity contribution is 5.79. The van der Waals surface area contributed by atoms with E-state index in [1.54, 1.807) is 0 Å². The minimum Gasteiger partial charge on any atom is -0.494 e. The summed E-state index contributed by atoms with van der Waals surface area (Å²) in [6.07, 6.45) is 6.72. The van der Waals surface area contributed by atoms with Crippen molar-refractivity contribution in [3.05, 3.63) is 29.8 Å². The van der Waals surface area contributed by atoms with Crippen LogP contribution in [0.2, 0.25) is 0 Å². The molecule has 0 N–H and O–H groups in total. The number of benzene rings is 1. The largest absolute Gasteiger partial charge is 0.494 e. The molecule has 3 heteroatoms. The Morgan fingerprint density at radius 2 is 2.16 bits per heavy atom. The van der Waals surface area contributed by atoms with Crippen molar-refractivity contribution in [1.82, 2.24) is 4.90 Å². The second kappa shape index (κ2) is 6.29. The standard InChI is InChI=1S/C16H19NO2/c1-3-13-11-16(18)17(12-13)10-9-14-5-7-15(8-6-14)19-4-2/h1,5-8,13H,4,9-12H2,2H3. The smallest absolute Gasteiger partial charge is 0.223 e. The van der Waals surface area contributed by atoms with E-state index in [1.165, 1.54) is 5.56 Å². The van der Waals surface area contributed by atoms with Crippen molar-refractivity contribution < 1.29 is 9.53 Å². The molecule has 19 heavy (non-hydrogen) atoms. The zero-order valence-electron chi connectivity index (χ0n) is 11.3. The van der Waals surface area contributed by atoms with Crippen molar-refractivity contribution in [2.45, 2.75) is 19.8 Å². The number of carbonyl (C=O) groups excluding carboxylic acids is 1. The van der Waals surface area contributed by atoms with Gasteiger partial charge in [-0.15, -0.1) is 12.3 Å². The third-order valence-electron chi connectivity index (χ3n) is 3.35. The fourth-order valence-electron chi connectivity index (χ4n) is 2.28. The summed E-state index contributed by atoms with van der Waals surface area (Å²) in [5.74, 6) is 3.82. The van der Waals surface area contributed by atoms with Crippen molar-refractivity contribution in [3.63, 3.8) is 0 Å². The number of hydrogen-bond donors (Lipinski definition) is 0. The summed E-state index contributed by atoms with van der Waals surface area (Å²) in [6.45, 7) is 4.08. The van der Waals surface area contributed by atoms with Gasteiger partial charge in [0.2, 0.25) is 5.91 Å². The van der Waals surface area contributed by atoms with Gasteiger partial charge in [-0.1, -0.05) is 12.1 Å². The molecular formula is C16H19NO2. The molecule has 0 saturated carbocycles. The third kappa shape index (κ3) is 3.51. The third-order valence-corrected chi connectivity index (χ3v) is 3.35. The topological polar surface area (TPSA) is 29.5 Å². The first-order valence-electron chi connectivity index (χ1n) is 6.68. The molecule has 3 nitrogen and oxygen atoms in total. The van der Waals surface area contributed by atoms with Gasteiger partial charge in [-0.2, -0.15) is 0 Å². The van der Waals surface area contributed by atoms with E-state index in [0.717, 1.165) is 18.7 Å². The van der Waals surface area contributed by atoms with Crippen LogP contribution >= 0.6 is 0 Å². The van der Waals surface area contributed by atoms with Crippen molar-refractivity contribution in [2.24, 2.45) is 5.92 Å². The maximum absolute atomic E-state index is 11.7. The molecular weight excluding hydrogens is 238 g/mol. The van der Waals surface area contributed by atoms with E-state index < -0.39 is 0 Å². The predicted molar refractivity (Wildman–Crippen MR) is 74.8 cm³/mol. The zero-order valence-corrected chi connectivity index (χ0v) is 11.3. The molecule has 1 fully saturated rings. The first-order chi connectivity index (χ1) is 9.22. The van der Waals surface area contributed by atoms with E-state index in [9.17, 15) is 4.79 Å². The van der Waals surface area contributed by atoms with Crippen LogP contribution in [-0.2, 0) is 11.2 Å². The normalized spacial score (nSPS) is 18.4. The van der Waals surface area contributed by atoms with E-state index >= 15 is 0 Å². The van der Waals surface area contributed by atoms with Gasteiger partial charge in [0.25, 0.3) is 0 Å². The van der Waals surface area contributed by atoms with E-state index in [-0.39, 0.29) is 11.8 Å². The Morgan fingerprint density at radius 1 is 1.42 bits per heavy atom. The molecule has 1 heterocycles. The quantitative estimate of drug-likeness (QED) is 0.756. The van der Waals surface area contributed by atoms with Crippen LogP contribution in [0.25, 0.3) is 0 Å². The summed E-state index contributed by atoms with van der Waals surface area (Å²) >= 11 is 0. The van der Waals surface area contributed by atoms with Crippen molar-refractivity contribution >= 4 is 5.91 Å². The summed E-state index contributed by atoms with van der Waals surface area (Å²) in [4.78, 5) is 13.6. The molecule has 0 radical (unpaired) electrons. The monoisotopic (exact) mass is 257 g/mol. The summed E-state index contributed by atoms with van der Waals surface area (Å²) in [5, 5.41) is 0. The van der Waals surface area contributed by atoms with Gasteiger partial charge in [0.1, 0.15) is 5.75 Å². The molecule has 1 aliphatic heterocycles. The Labute approximate surface area is 114 Å². The Balaban J connectivity index is 1.85. The van der Waals surface area contributed by atoms with Crippen LogP contribution in [0.5, 0.6) is 5.75 Å². The van der Waals surface area contributed by atoms with Gasteiger partial charge in [-0.25, -0.2) is 0 Å². The SMILES string of the molecule is C#CC1CC(=O)N(CCc2ccc(OCC)cc2)C1. The highest BCUT2D eigenvalue weighted by Crippen LogP contribution is 2.18. The van der Waals surface area contributed by atoms with Crippen molar-refractivity contribution in [1.29, 1.82) is 0 Å². The highest BCUT2D eigenvalue weighted by Gasteiger charge is 2.27. The second-order valence-corrected chi connectivity index (χ2v) is 4.73. The lowest BCUT2D eigenvalue weighted by Crippen LogP contribution is -2.27. The number of carbonyl (C=O) groups is 1. The number of ether oxygens (including phenoxy) is 1. The molecule has 0 aliphatic carbocycles. The first-order valence-corrected chi connectivity index (χ1v) is 6.68. The van der Waals surface area contributed by atoms with Crippen LogP contribution in [0.3, 0.4) is 0 Å². The summed E-state index contributed by atoms with van der Waals surface area (Å²) in [7, 11) is 0. The molecule has 1 unspecified atom stereocenters. The average molecular weight is 257 g/mol. The van der Waals surface area contributed by atoms with Crippen LogP contribution in [0.15, 0.2) is 24.3 Å². The van der Waals surface area contributed by atoms with Crippen LogP contribution in [0.1, 0.15) is 18.9 Å². The molecule has 2 rings (SSSR count). The van der Waals surface area contributed by atoms with Gasteiger partial charge >= 0.3 is 0 Å². The molecule has 1 amide bonds. The first kappa shape index (κ1) is 13.5. The van der Waals surface area contributed by atoms with Gasteiger partial charge < -0.3 is 9.64 Å². The summed E-state index contributed by atoms with van der Waals surface area (Å²) < 4.78 is 5.40. The number of hydrogen-bond acceptors (Lipinski definition) is 2. The van der Waals surface area contributed by atoms with Gasteiger partial charge in [-0.05, 0) is 31.0 Å². The number of amides is 1. The fraction of sp³-hybridized carbons (Fsp3) is 0.438. The molecule has 1 saturated heterocycles. The molecule has 1 atom stereocenters. The summed E-state index contributed by atoms with van der Waals surface area (Å²) in [5.41, 5.74) is 1.21. The molecule has 0 aromatic heterocycles. The molecule has 1 aliphatic rings. The minimum atomic E-state index is 0.0906. The van der Waals surface area contributed by atoms with Gasteiger partial charge in [0.15, 0.2) is 0 Å². The van der Waals surface area contributed by atoms with E-state index in [4.69, 9.17) is 11.2 Å². The Kier molecular flexibility index (Phi) is 4.46. The predicted octanol–water partition coefficient (Wildman–Crippen LogP) is 2.11. The Bertz CT molecular complexity index is 473. The molecule has 0 spiro atoms. The van der Waals surface area contributed by atoms with Crippen LogP contribution < -0.4 is 4.74 Å². The molecule has 0 bridgehead atoms. The minimum absolute atomic E-state index is 0.0906. The lowest BCUT2D eigenvalue weighted by atomic mass is 10.1. The van der Waals surface area contributed by atoms with Crippen molar-refractivity contribution in [3.8, 4) is 18.1 Å². The molecule has 1 aromatic rings. The number of terminal acetylenes is 1. The van der Waals surface area contributed by atoms with Gasteiger partial charge in [0.05, 0.1) is 6.61 Å². The van der Waals surface area contributed by atoms with Gasteiger partial charge in [-0.3, -0.25) is 4.79 Å². The van der Waals surface area contributed by atoms with Crippen LogP contribution in [-0.4, -0.2) is 30.5 Å². The van der Waals surface area contributed by atoms with Crippen LogP contribution in [0, 0.1) is 18.3 Å². The molecule has 1 aromatic carbocycles. The maximum Gasteiger partial charge on any atom is 0.223 e. The lowest BCUT2D eigenvalue weighted by molar-refractivity contribution is -0.127. The van der Waals surface area contributed by atoms with Crippen LogP contribution in [0.4, 0.5) is 0 Å². The number of nitrogens with zero attached hydrogens (tertiary/aromatic N) is 1. The Hall–Kier alpha value is -1.95. The zero-order chi connectivity index (χ0) is 13.7. The van der Waals surface area contributed by atoms with E-state index in [1.807, 2.05) is 36.1 Å². The average Bonchev–Trinajstić information content (AvgIpc) is 2.79. The Morgan fingerprint density at radius 3 is 2.74 bits per heavy atom. The maximum atomic E-state index is 11.7. The lowest BCUT2D eigenvalue weighted by Gasteiger charge is -2.15. The molecule has 100 valence electrons. The van der Waals surface area contributed by atoms with E-state index in [2.05, 4.69) is 5.92 Å². The summed E-state index contributed by atoms with van der Waals surface area (Å²) in [6, 6.07) is 8.03. The second-order valence-electron chi connectivity index (χ2n) is 4.73. The highest BCUT2D eigenvalue weighted by atomic mass is 16.5. The van der Waals surface area contributed by atoms with Crippen molar-refractivity contribution in [2.75, 3.05) is 19.7 Å². The fourth-order valence-corrected chi connectivity index (χ4v) is 2.28.